The Balaban J connectivity index is 3.21. The van der Waals surface area contributed by atoms with Gasteiger partial charge in [0.25, 0.3) is 0 Å². The summed E-state index contributed by atoms with van der Waals surface area (Å²) in [6.07, 6.45) is 2.47. The first-order chi connectivity index (χ1) is 8.79. The minimum Gasteiger partial charge on any atom is -0.478 e. The molecular weight excluding hydrogens is 352 g/mol. The van der Waals surface area contributed by atoms with Crippen LogP contribution in [0.15, 0.2) is 21.5 Å². The largest absolute Gasteiger partial charge is 0.478 e. The molecule has 1 rings (SSSR count). The van der Waals surface area contributed by atoms with Crippen molar-refractivity contribution in [2.24, 2.45) is 0 Å². The number of halogens is 1. The van der Waals surface area contributed by atoms with Gasteiger partial charge >= 0.3 is 5.97 Å². The molecule has 0 aliphatic heterocycles. The molecule has 0 saturated carbocycles. The first-order valence-electron chi connectivity index (χ1n) is 5.54. The van der Waals surface area contributed by atoms with E-state index >= 15 is 0 Å². The number of carboxylic acid groups (broad SMARTS) is 1. The van der Waals surface area contributed by atoms with Crippen LogP contribution in [-0.2, 0) is 9.84 Å². The van der Waals surface area contributed by atoms with Crippen LogP contribution in [0.4, 0.5) is 0 Å². The fourth-order valence-corrected chi connectivity index (χ4v) is 4.44. The normalized spacial score (nSPS) is 11.5. The van der Waals surface area contributed by atoms with Crippen molar-refractivity contribution < 1.29 is 18.3 Å². The lowest BCUT2D eigenvalue weighted by Crippen LogP contribution is -2.11. The number of benzene rings is 1. The van der Waals surface area contributed by atoms with Gasteiger partial charge in [-0.05, 0) is 43.0 Å². The van der Waals surface area contributed by atoms with Crippen molar-refractivity contribution in [2.45, 2.75) is 18.2 Å². The van der Waals surface area contributed by atoms with Crippen LogP contribution in [0, 0.1) is 6.92 Å². The number of aromatic carboxylic acids is 1. The van der Waals surface area contributed by atoms with Crippen molar-refractivity contribution >= 4 is 43.5 Å². The maximum atomic E-state index is 12.2. The lowest BCUT2D eigenvalue weighted by atomic mass is 10.1. The summed E-state index contributed by atoms with van der Waals surface area (Å²) < 4.78 is 25.0. The second-order valence-electron chi connectivity index (χ2n) is 4.05. The fraction of sp³-hybridized carbons (Fsp3) is 0.417. The SMILES string of the molecule is CSCCCS(=O)(=O)c1cc(C(=O)O)cc(Br)c1C. The molecule has 0 saturated heterocycles. The van der Waals surface area contributed by atoms with Gasteiger partial charge in [-0.2, -0.15) is 11.8 Å². The number of thioether (sulfide) groups is 1. The van der Waals surface area contributed by atoms with Crippen LogP contribution < -0.4 is 0 Å². The topological polar surface area (TPSA) is 71.4 Å². The van der Waals surface area contributed by atoms with E-state index in [9.17, 15) is 13.2 Å². The van der Waals surface area contributed by atoms with Crippen LogP contribution in [0.25, 0.3) is 0 Å². The van der Waals surface area contributed by atoms with Crippen LogP contribution in [0.1, 0.15) is 22.3 Å². The number of hydrogen-bond donors (Lipinski definition) is 1. The molecule has 0 unspecified atom stereocenters. The van der Waals surface area contributed by atoms with Gasteiger partial charge in [0.2, 0.25) is 0 Å². The highest BCUT2D eigenvalue weighted by atomic mass is 79.9. The molecule has 0 heterocycles. The summed E-state index contributed by atoms with van der Waals surface area (Å²) in [5.41, 5.74) is 0.523. The van der Waals surface area contributed by atoms with Crippen molar-refractivity contribution in [3.05, 3.63) is 27.7 Å². The maximum Gasteiger partial charge on any atom is 0.335 e. The van der Waals surface area contributed by atoms with E-state index in [0.717, 1.165) is 5.75 Å². The first-order valence-corrected chi connectivity index (χ1v) is 9.38. The Morgan fingerprint density at radius 3 is 2.58 bits per heavy atom. The third kappa shape index (κ3) is 4.22. The molecule has 106 valence electrons. The summed E-state index contributed by atoms with van der Waals surface area (Å²) in [5.74, 6) is -0.344. The average Bonchev–Trinajstić information content (AvgIpc) is 2.32. The summed E-state index contributed by atoms with van der Waals surface area (Å²) in [5, 5.41) is 8.99. The average molecular weight is 367 g/mol. The summed E-state index contributed by atoms with van der Waals surface area (Å²) in [6.45, 7) is 1.66. The van der Waals surface area contributed by atoms with Gasteiger partial charge in [0, 0.05) is 4.47 Å². The molecule has 0 aliphatic carbocycles. The molecule has 7 heteroatoms. The molecule has 1 aromatic carbocycles. The highest BCUT2D eigenvalue weighted by Crippen LogP contribution is 2.27. The van der Waals surface area contributed by atoms with E-state index in [-0.39, 0.29) is 16.2 Å². The predicted molar refractivity (Wildman–Crippen MR) is 80.9 cm³/mol. The van der Waals surface area contributed by atoms with Crippen LogP contribution in [0.3, 0.4) is 0 Å². The standard InChI is InChI=1S/C12H15BrO4S2/c1-8-10(13)6-9(12(14)15)7-11(8)19(16,17)5-3-4-18-2/h6-7H,3-5H2,1-2H3,(H,14,15). The molecule has 0 fully saturated rings. The molecule has 0 atom stereocenters. The number of rotatable bonds is 6. The minimum absolute atomic E-state index is 0.0269. The zero-order valence-electron chi connectivity index (χ0n) is 10.6. The number of carbonyl (C=O) groups is 1. The monoisotopic (exact) mass is 366 g/mol. The van der Waals surface area contributed by atoms with Gasteiger partial charge in [-0.3, -0.25) is 0 Å². The molecule has 0 aliphatic rings. The van der Waals surface area contributed by atoms with E-state index in [2.05, 4.69) is 15.9 Å². The van der Waals surface area contributed by atoms with Gasteiger partial charge in [0.05, 0.1) is 16.2 Å². The molecule has 0 amide bonds. The van der Waals surface area contributed by atoms with Crippen molar-refractivity contribution in [3.8, 4) is 0 Å². The zero-order chi connectivity index (χ0) is 14.6. The molecule has 1 aromatic rings. The quantitative estimate of drug-likeness (QED) is 0.783. The van der Waals surface area contributed by atoms with E-state index in [1.54, 1.807) is 18.7 Å². The number of hydrogen-bond acceptors (Lipinski definition) is 4. The van der Waals surface area contributed by atoms with E-state index < -0.39 is 15.8 Å². The van der Waals surface area contributed by atoms with Crippen molar-refractivity contribution in [3.63, 3.8) is 0 Å². The Bertz CT molecular complexity index is 582. The van der Waals surface area contributed by atoms with Crippen LogP contribution in [0.5, 0.6) is 0 Å². The molecule has 0 spiro atoms. The van der Waals surface area contributed by atoms with Crippen LogP contribution in [0.2, 0.25) is 0 Å². The van der Waals surface area contributed by atoms with E-state index in [1.165, 1.54) is 12.1 Å². The van der Waals surface area contributed by atoms with E-state index in [0.29, 0.717) is 16.5 Å². The molecule has 1 N–H and O–H groups in total. The smallest absolute Gasteiger partial charge is 0.335 e. The van der Waals surface area contributed by atoms with Gasteiger partial charge in [-0.25, -0.2) is 13.2 Å². The molecule has 0 bridgehead atoms. The Morgan fingerprint density at radius 1 is 1.42 bits per heavy atom. The van der Waals surface area contributed by atoms with Gasteiger partial charge in [0.1, 0.15) is 0 Å². The Kier molecular flexibility index (Phi) is 5.88. The fourth-order valence-electron chi connectivity index (χ4n) is 1.60. The van der Waals surface area contributed by atoms with Gasteiger partial charge in [-0.1, -0.05) is 15.9 Å². The third-order valence-electron chi connectivity index (χ3n) is 2.64. The Morgan fingerprint density at radius 2 is 2.05 bits per heavy atom. The second-order valence-corrected chi connectivity index (χ2v) is 7.97. The highest BCUT2D eigenvalue weighted by Gasteiger charge is 2.20. The van der Waals surface area contributed by atoms with Gasteiger partial charge in [0.15, 0.2) is 9.84 Å². The van der Waals surface area contributed by atoms with Crippen LogP contribution >= 0.6 is 27.7 Å². The molecular formula is C12H15BrO4S2. The molecule has 0 radical (unpaired) electrons. The van der Waals surface area contributed by atoms with E-state index in [4.69, 9.17) is 5.11 Å². The van der Waals surface area contributed by atoms with Crippen molar-refractivity contribution in [1.29, 1.82) is 0 Å². The van der Waals surface area contributed by atoms with Crippen LogP contribution in [-0.4, -0.2) is 37.3 Å². The molecule has 0 aromatic heterocycles. The van der Waals surface area contributed by atoms with Crippen molar-refractivity contribution in [2.75, 3.05) is 17.8 Å². The number of sulfone groups is 1. The molecule has 4 nitrogen and oxygen atoms in total. The van der Waals surface area contributed by atoms with Gasteiger partial charge < -0.3 is 5.11 Å². The number of carboxylic acids is 1. The summed E-state index contributed by atoms with van der Waals surface area (Å²) in [7, 11) is -3.45. The summed E-state index contributed by atoms with van der Waals surface area (Å²) >= 11 is 4.79. The Labute approximate surface area is 125 Å². The summed E-state index contributed by atoms with van der Waals surface area (Å²) in [6, 6.07) is 2.65. The second kappa shape index (κ2) is 6.76. The molecule has 19 heavy (non-hydrogen) atoms. The van der Waals surface area contributed by atoms with Gasteiger partial charge in [-0.15, -0.1) is 0 Å². The first kappa shape index (κ1) is 16.5. The minimum atomic E-state index is -3.45. The zero-order valence-corrected chi connectivity index (χ0v) is 13.9. The highest BCUT2D eigenvalue weighted by molar-refractivity contribution is 9.10. The lowest BCUT2D eigenvalue weighted by molar-refractivity contribution is 0.0696. The predicted octanol–water partition coefficient (Wildman–Crippen LogP) is 2.98. The van der Waals surface area contributed by atoms with Crippen molar-refractivity contribution in [1.82, 2.24) is 0 Å². The lowest BCUT2D eigenvalue weighted by Gasteiger charge is -2.10. The third-order valence-corrected chi connectivity index (χ3v) is 6.08. The summed E-state index contributed by atoms with van der Waals surface area (Å²) in [4.78, 5) is 11.1. The maximum absolute atomic E-state index is 12.2. The van der Waals surface area contributed by atoms with E-state index in [1.807, 2.05) is 6.26 Å². The Hall–Kier alpha value is -0.530.